The van der Waals surface area contributed by atoms with Crippen LogP contribution in [0.25, 0.3) is 0 Å². The number of amides is 1. The number of piperidine rings is 1. The number of benzene rings is 1. The van der Waals surface area contributed by atoms with E-state index in [0.717, 1.165) is 36.0 Å². The molecular weight excluding hydrogens is 372 g/mol. The summed E-state index contributed by atoms with van der Waals surface area (Å²) >= 11 is 3.48. The third-order valence-corrected chi connectivity index (χ3v) is 5.13. The molecular formula is C18H27BrN2O3. The first-order chi connectivity index (χ1) is 11.5. The van der Waals surface area contributed by atoms with E-state index >= 15 is 0 Å². The van der Waals surface area contributed by atoms with Gasteiger partial charge in [0.25, 0.3) is 5.91 Å². The number of rotatable bonds is 7. The van der Waals surface area contributed by atoms with Crippen molar-refractivity contribution in [2.45, 2.75) is 32.8 Å². The highest BCUT2D eigenvalue weighted by Gasteiger charge is 2.33. The van der Waals surface area contributed by atoms with Crippen molar-refractivity contribution in [1.82, 2.24) is 10.6 Å². The van der Waals surface area contributed by atoms with Crippen LogP contribution in [0.2, 0.25) is 0 Å². The molecule has 134 valence electrons. The second-order valence-corrected chi connectivity index (χ2v) is 7.45. The average molecular weight is 399 g/mol. The van der Waals surface area contributed by atoms with E-state index in [0.29, 0.717) is 18.9 Å². The molecule has 1 heterocycles. The minimum Gasteiger partial charge on any atom is -0.480 e. The fourth-order valence-corrected chi connectivity index (χ4v) is 3.59. The zero-order valence-corrected chi connectivity index (χ0v) is 16.2. The third kappa shape index (κ3) is 5.19. The van der Waals surface area contributed by atoms with Gasteiger partial charge in [-0.25, -0.2) is 0 Å². The molecule has 1 unspecified atom stereocenters. The molecule has 0 radical (unpaired) electrons. The number of carbonyl (C=O) groups is 1. The van der Waals surface area contributed by atoms with E-state index in [1.807, 2.05) is 25.1 Å². The van der Waals surface area contributed by atoms with Crippen molar-refractivity contribution in [3.05, 3.63) is 28.2 Å². The predicted molar refractivity (Wildman–Crippen MR) is 98.4 cm³/mol. The van der Waals surface area contributed by atoms with Gasteiger partial charge < -0.3 is 20.1 Å². The summed E-state index contributed by atoms with van der Waals surface area (Å²) in [5.41, 5.74) is 1.15. The van der Waals surface area contributed by atoms with Crippen LogP contribution >= 0.6 is 15.9 Å². The van der Waals surface area contributed by atoms with Crippen LogP contribution in [0.15, 0.2) is 22.7 Å². The first kappa shape index (κ1) is 19.2. The Morgan fingerprint density at radius 3 is 2.75 bits per heavy atom. The van der Waals surface area contributed by atoms with Gasteiger partial charge in [-0.05, 0) is 73.4 Å². The van der Waals surface area contributed by atoms with Crippen LogP contribution in [0.1, 0.15) is 25.3 Å². The number of hydrogen-bond acceptors (Lipinski definition) is 4. The molecule has 0 aliphatic carbocycles. The molecule has 1 aromatic carbocycles. The lowest BCUT2D eigenvalue weighted by molar-refractivity contribution is -0.128. The highest BCUT2D eigenvalue weighted by atomic mass is 79.9. The fraction of sp³-hybridized carbons (Fsp3) is 0.611. The van der Waals surface area contributed by atoms with Crippen LogP contribution in [-0.2, 0) is 9.53 Å². The van der Waals surface area contributed by atoms with Crippen molar-refractivity contribution in [2.75, 3.05) is 33.4 Å². The monoisotopic (exact) mass is 398 g/mol. The zero-order chi connectivity index (χ0) is 17.6. The van der Waals surface area contributed by atoms with E-state index in [1.165, 1.54) is 0 Å². The Kier molecular flexibility index (Phi) is 7.07. The molecule has 0 spiro atoms. The van der Waals surface area contributed by atoms with Crippen molar-refractivity contribution in [3.63, 3.8) is 0 Å². The van der Waals surface area contributed by atoms with Crippen LogP contribution in [0, 0.1) is 12.3 Å². The molecule has 2 N–H and O–H groups in total. The molecule has 1 atom stereocenters. The van der Waals surface area contributed by atoms with Crippen LogP contribution in [-0.4, -0.2) is 45.4 Å². The molecule has 1 saturated heterocycles. The maximum Gasteiger partial charge on any atom is 0.260 e. The quantitative estimate of drug-likeness (QED) is 0.740. The number of carbonyl (C=O) groups excluding carboxylic acids is 1. The number of nitrogens with one attached hydrogen (secondary N) is 2. The molecule has 1 aromatic rings. The standard InChI is InChI=1S/C18H27BrN2O3/c1-13-4-5-16(15(19)10-13)24-14(2)17(22)21-11-18(12-23-3)6-8-20-9-7-18/h4-5,10,14,20H,6-9,11-12H2,1-3H3,(H,21,22). The topological polar surface area (TPSA) is 59.6 Å². The number of aryl methyl sites for hydroxylation is 1. The van der Waals surface area contributed by atoms with E-state index in [1.54, 1.807) is 14.0 Å². The Bertz CT molecular complexity index is 554. The van der Waals surface area contributed by atoms with E-state index in [4.69, 9.17) is 9.47 Å². The van der Waals surface area contributed by atoms with Gasteiger partial charge in [0.15, 0.2) is 6.10 Å². The van der Waals surface area contributed by atoms with E-state index < -0.39 is 6.10 Å². The van der Waals surface area contributed by atoms with Gasteiger partial charge in [-0.3, -0.25) is 4.79 Å². The van der Waals surface area contributed by atoms with Gasteiger partial charge in [0.05, 0.1) is 11.1 Å². The summed E-state index contributed by atoms with van der Waals surface area (Å²) < 4.78 is 12.0. The van der Waals surface area contributed by atoms with Gasteiger partial charge in [0.2, 0.25) is 0 Å². The molecule has 1 amide bonds. The minimum atomic E-state index is -0.551. The number of hydrogen-bond donors (Lipinski definition) is 2. The third-order valence-electron chi connectivity index (χ3n) is 4.51. The SMILES string of the molecule is COCC1(CNC(=O)C(C)Oc2ccc(C)cc2Br)CCNCC1. The first-order valence-electron chi connectivity index (χ1n) is 8.36. The van der Waals surface area contributed by atoms with Gasteiger partial charge in [-0.1, -0.05) is 6.07 Å². The maximum absolute atomic E-state index is 12.4. The summed E-state index contributed by atoms with van der Waals surface area (Å²) in [6, 6.07) is 5.82. The Morgan fingerprint density at radius 1 is 1.42 bits per heavy atom. The summed E-state index contributed by atoms with van der Waals surface area (Å²) in [6.07, 6.45) is 1.45. The lowest BCUT2D eigenvalue weighted by atomic mass is 9.79. The number of methoxy groups -OCH3 is 1. The van der Waals surface area contributed by atoms with E-state index in [-0.39, 0.29) is 11.3 Å². The highest BCUT2D eigenvalue weighted by Crippen LogP contribution is 2.29. The molecule has 1 fully saturated rings. The van der Waals surface area contributed by atoms with Crippen molar-refractivity contribution < 1.29 is 14.3 Å². The van der Waals surface area contributed by atoms with E-state index in [9.17, 15) is 4.79 Å². The Morgan fingerprint density at radius 2 is 2.12 bits per heavy atom. The summed E-state index contributed by atoms with van der Waals surface area (Å²) in [6.45, 7) is 6.98. The minimum absolute atomic E-state index is 0.0137. The summed E-state index contributed by atoms with van der Waals surface area (Å²) in [7, 11) is 1.71. The van der Waals surface area contributed by atoms with Gasteiger partial charge in [-0.15, -0.1) is 0 Å². The maximum atomic E-state index is 12.4. The van der Waals surface area contributed by atoms with Crippen molar-refractivity contribution in [1.29, 1.82) is 0 Å². The zero-order valence-electron chi connectivity index (χ0n) is 14.7. The molecule has 0 saturated carbocycles. The predicted octanol–water partition coefficient (Wildman–Crippen LogP) is 2.66. The lowest BCUT2D eigenvalue weighted by Gasteiger charge is -2.37. The van der Waals surface area contributed by atoms with Crippen LogP contribution in [0.5, 0.6) is 5.75 Å². The Balaban J connectivity index is 1.90. The van der Waals surface area contributed by atoms with Crippen molar-refractivity contribution >= 4 is 21.8 Å². The van der Waals surface area contributed by atoms with Gasteiger partial charge in [0.1, 0.15) is 5.75 Å². The second-order valence-electron chi connectivity index (χ2n) is 6.59. The van der Waals surface area contributed by atoms with Crippen LogP contribution in [0.4, 0.5) is 0 Å². The molecule has 2 rings (SSSR count). The van der Waals surface area contributed by atoms with Crippen LogP contribution in [0.3, 0.4) is 0 Å². The summed E-state index contributed by atoms with van der Waals surface area (Å²) in [5, 5.41) is 6.40. The lowest BCUT2D eigenvalue weighted by Crippen LogP contribution is -2.49. The molecule has 1 aliphatic heterocycles. The average Bonchev–Trinajstić information content (AvgIpc) is 2.56. The smallest absolute Gasteiger partial charge is 0.260 e. The Hall–Kier alpha value is -1.11. The first-order valence-corrected chi connectivity index (χ1v) is 9.15. The molecule has 24 heavy (non-hydrogen) atoms. The molecule has 6 heteroatoms. The largest absolute Gasteiger partial charge is 0.480 e. The van der Waals surface area contributed by atoms with Crippen molar-refractivity contribution in [3.8, 4) is 5.75 Å². The number of halogens is 1. The van der Waals surface area contributed by atoms with Gasteiger partial charge in [0, 0.05) is 19.1 Å². The Labute approximate surface area is 152 Å². The van der Waals surface area contributed by atoms with Gasteiger partial charge in [-0.2, -0.15) is 0 Å². The number of ether oxygens (including phenoxy) is 2. The second kappa shape index (κ2) is 8.83. The van der Waals surface area contributed by atoms with Gasteiger partial charge >= 0.3 is 0 Å². The molecule has 0 bridgehead atoms. The van der Waals surface area contributed by atoms with E-state index in [2.05, 4.69) is 26.6 Å². The molecule has 5 nitrogen and oxygen atoms in total. The fourth-order valence-electron chi connectivity index (χ4n) is 3.00. The normalized spacial score (nSPS) is 18.0. The summed E-state index contributed by atoms with van der Waals surface area (Å²) in [5.74, 6) is 0.577. The highest BCUT2D eigenvalue weighted by molar-refractivity contribution is 9.10. The van der Waals surface area contributed by atoms with Crippen molar-refractivity contribution in [2.24, 2.45) is 5.41 Å². The molecule has 0 aromatic heterocycles. The van der Waals surface area contributed by atoms with Crippen LogP contribution < -0.4 is 15.4 Å². The molecule has 1 aliphatic rings. The summed E-state index contributed by atoms with van der Waals surface area (Å²) in [4.78, 5) is 12.4.